The van der Waals surface area contributed by atoms with E-state index < -0.39 is 0 Å². The van der Waals surface area contributed by atoms with Gasteiger partial charge >= 0.3 is 0 Å². The molecule has 0 aromatic heterocycles. The normalized spacial score (nSPS) is 10.3. The van der Waals surface area contributed by atoms with Crippen molar-refractivity contribution in [3.63, 3.8) is 0 Å². The van der Waals surface area contributed by atoms with Crippen LogP contribution in [0.2, 0.25) is 0 Å². The van der Waals surface area contributed by atoms with Crippen LogP contribution in [0.25, 0.3) is 0 Å². The van der Waals surface area contributed by atoms with Crippen LogP contribution in [0.5, 0.6) is 11.5 Å². The quantitative estimate of drug-likeness (QED) is 0.859. The number of hydrogen-bond acceptors (Lipinski definition) is 3. The van der Waals surface area contributed by atoms with Gasteiger partial charge in [0.25, 0.3) is 0 Å². The first kappa shape index (κ1) is 13.2. The standard InChI is InChI=1S/C15H16FNO2/c1-10-7-11(3-5-14(10)18-2)9-19-15-6-4-12(16)8-13(15)17/h3-8H,9,17H2,1-2H3. The maximum absolute atomic E-state index is 12.9. The number of nitrogens with two attached hydrogens (primary N) is 1. The third-order valence-corrected chi connectivity index (χ3v) is 2.83. The first-order valence-corrected chi connectivity index (χ1v) is 5.91. The molecule has 0 aliphatic carbocycles. The van der Waals surface area contributed by atoms with Gasteiger partial charge in [-0.2, -0.15) is 0 Å². The van der Waals surface area contributed by atoms with Gasteiger partial charge in [-0.05, 0) is 42.3 Å². The first-order chi connectivity index (χ1) is 9.10. The average Bonchev–Trinajstić information content (AvgIpc) is 2.38. The second-order valence-corrected chi connectivity index (χ2v) is 4.27. The van der Waals surface area contributed by atoms with Crippen molar-refractivity contribution < 1.29 is 13.9 Å². The molecule has 0 radical (unpaired) electrons. The van der Waals surface area contributed by atoms with Crippen LogP contribution in [0, 0.1) is 12.7 Å². The molecule has 0 fully saturated rings. The Balaban J connectivity index is 2.08. The van der Waals surface area contributed by atoms with E-state index in [-0.39, 0.29) is 5.82 Å². The number of benzene rings is 2. The lowest BCUT2D eigenvalue weighted by atomic mass is 10.1. The van der Waals surface area contributed by atoms with Crippen molar-refractivity contribution in [1.82, 2.24) is 0 Å². The van der Waals surface area contributed by atoms with E-state index >= 15 is 0 Å². The Bertz CT molecular complexity index is 584. The lowest BCUT2D eigenvalue weighted by Crippen LogP contribution is -2.00. The minimum atomic E-state index is -0.370. The highest BCUT2D eigenvalue weighted by atomic mass is 19.1. The molecule has 0 saturated carbocycles. The summed E-state index contributed by atoms with van der Waals surface area (Å²) >= 11 is 0. The van der Waals surface area contributed by atoms with Crippen molar-refractivity contribution in [2.24, 2.45) is 0 Å². The summed E-state index contributed by atoms with van der Waals surface area (Å²) < 4.78 is 23.7. The van der Waals surface area contributed by atoms with E-state index in [4.69, 9.17) is 15.2 Å². The lowest BCUT2D eigenvalue weighted by molar-refractivity contribution is 0.307. The molecular formula is C15H16FNO2. The molecule has 19 heavy (non-hydrogen) atoms. The largest absolute Gasteiger partial charge is 0.496 e. The van der Waals surface area contributed by atoms with Gasteiger partial charge in [0.15, 0.2) is 0 Å². The van der Waals surface area contributed by atoms with Gasteiger partial charge in [-0.1, -0.05) is 6.07 Å². The molecule has 4 heteroatoms. The highest BCUT2D eigenvalue weighted by molar-refractivity contribution is 5.52. The molecule has 0 bridgehead atoms. The van der Waals surface area contributed by atoms with Crippen molar-refractivity contribution in [3.8, 4) is 11.5 Å². The van der Waals surface area contributed by atoms with Gasteiger partial charge in [-0.15, -0.1) is 0 Å². The molecule has 2 aromatic rings. The minimum Gasteiger partial charge on any atom is -0.496 e. The molecule has 0 atom stereocenters. The number of methoxy groups -OCH3 is 1. The van der Waals surface area contributed by atoms with Crippen molar-refractivity contribution in [1.29, 1.82) is 0 Å². The smallest absolute Gasteiger partial charge is 0.142 e. The molecule has 0 heterocycles. The molecule has 0 saturated heterocycles. The third kappa shape index (κ3) is 3.16. The van der Waals surface area contributed by atoms with Crippen molar-refractivity contribution >= 4 is 5.69 Å². The zero-order valence-electron chi connectivity index (χ0n) is 10.9. The number of hydrogen-bond donors (Lipinski definition) is 1. The van der Waals surface area contributed by atoms with E-state index in [1.54, 1.807) is 7.11 Å². The van der Waals surface area contributed by atoms with E-state index in [1.165, 1.54) is 18.2 Å². The lowest BCUT2D eigenvalue weighted by Gasteiger charge is -2.10. The summed E-state index contributed by atoms with van der Waals surface area (Å²) in [7, 11) is 1.64. The topological polar surface area (TPSA) is 44.5 Å². The molecule has 3 nitrogen and oxygen atoms in total. The molecule has 0 unspecified atom stereocenters. The molecule has 0 aliphatic rings. The fourth-order valence-electron chi connectivity index (χ4n) is 1.84. The summed E-state index contributed by atoms with van der Waals surface area (Å²) in [6, 6.07) is 9.90. The van der Waals surface area contributed by atoms with E-state index in [2.05, 4.69) is 0 Å². The van der Waals surface area contributed by atoms with Crippen LogP contribution in [0.3, 0.4) is 0 Å². The number of rotatable bonds is 4. The van der Waals surface area contributed by atoms with Gasteiger partial charge < -0.3 is 15.2 Å². The van der Waals surface area contributed by atoms with Crippen LogP contribution < -0.4 is 15.2 Å². The average molecular weight is 261 g/mol. The van der Waals surface area contributed by atoms with Gasteiger partial charge in [-0.25, -0.2) is 4.39 Å². The summed E-state index contributed by atoms with van der Waals surface area (Å²) in [4.78, 5) is 0. The Morgan fingerprint density at radius 2 is 1.84 bits per heavy atom. The van der Waals surface area contributed by atoms with Gasteiger partial charge in [0.05, 0.1) is 12.8 Å². The monoisotopic (exact) mass is 261 g/mol. The fraction of sp³-hybridized carbons (Fsp3) is 0.200. The number of anilines is 1. The molecule has 2 aromatic carbocycles. The Morgan fingerprint density at radius 3 is 2.47 bits per heavy atom. The van der Waals surface area contributed by atoms with E-state index in [0.717, 1.165) is 16.9 Å². The number of aryl methyl sites for hydroxylation is 1. The number of ether oxygens (including phenoxy) is 2. The summed E-state index contributed by atoms with van der Waals surface area (Å²) in [6.07, 6.45) is 0. The highest BCUT2D eigenvalue weighted by Crippen LogP contribution is 2.24. The summed E-state index contributed by atoms with van der Waals surface area (Å²) in [5.74, 6) is 0.949. The molecular weight excluding hydrogens is 245 g/mol. The molecule has 100 valence electrons. The molecule has 0 spiro atoms. The van der Waals surface area contributed by atoms with Gasteiger partial charge in [0.2, 0.25) is 0 Å². The highest BCUT2D eigenvalue weighted by Gasteiger charge is 2.04. The molecule has 0 aliphatic heterocycles. The van der Waals surface area contributed by atoms with Crippen LogP contribution >= 0.6 is 0 Å². The predicted molar refractivity (Wildman–Crippen MR) is 72.9 cm³/mol. The molecule has 0 amide bonds. The summed E-state index contributed by atoms with van der Waals surface area (Å²) in [5, 5.41) is 0. The van der Waals surface area contributed by atoms with Crippen LogP contribution in [0.1, 0.15) is 11.1 Å². The van der Waals surface area contributed by atoms with E-state index in [0.29, 0.717) is 18.0 Å². The summed E-state index contributed by atoms with van der Waals surface area (Å²) in [5.41, 5.74) is 8.01. The zero-order chi connectivity index (χ0) is 13.8. The Kier molecular flexibility index (Phi) is 3.90. The second kappa shape index (κ2) is 5.61. The third-order valence-electron chi connectivity index (χ3n) is 2.83. The Morgan fingerprint density at radius 1 is 1.11 bits per heavy atom. The predicted octanol–water partition coefficient (Wildman–Crippen LogP) is 3.30. The molecule has 2 rings (SSSR count). The number of nitrogen functional groups attached to an aromatic ring is 1. The minimum absolute atomic E-state index is 0.297. The van der Waals surface area contributed by atoms with E-state index in [1.807, 2.05) is 25.1 Å². The summed E-state index contributed by atoms with van der Waals surface area (Å²) in [6.45, 7) is 2.34. The van der Waals surface area contributed by atoms with Crippen LogP contribution in [0.4, 0.5) is 10.1 Å². The maximum Gasteiger partial charge on any atom is 0.142 e. The van der Waals surface area contributed by atoms with E-state index in [9.17, 15) is 4.39 Å². The van der Waals surface area contributed by atoms with Crippen LogP contribution in [0.15, 0.2) is 36.4 Å². The van der Waals surface area contributed by atoms with Crippen molar-refractivity contribution in [2.45, 2.75) is 13.5 Å². The maximum atomic E-state index is 12.9. The van der Waals surface area contributed by atoms with Crippen molar-refractivity contribution in [3.05, 3.63) is 53.3 Å². The SMILES string of the molecule is COc1ccc(COc2ccc(F)cc2N)cc1C. The van der Waals surface area contributed by atoms with Gasteiger partial charge in [0.1, 0.15) is 23.9 Å². The Hall–Kier alpha value is -2.23. The fourth-order valence-corrected chi connectivity index (χ4v) is 1.84. The number of halogens is 1. The first-order valence-electron chi connectivity index (χ1n) is 5.91. The van der Waals surface area contributed by atoms with Crippen molar-refractivity contribution in [2.75, 3.05) is 12.8 Å². The van der Waals surface area contributed by atoms with Gasteiger partial charge in [0, 0.05) is 6.07 Å². The molecule has 2 N–H and O–H groups in total. The van der Waals surface area contributed by atoms with Crippen LogP contribution in [-0.2, 0) is 6.61 Å². The Labute approximate surface area is 111 Å². The second-order valence-electron chi connectivity index (χ2n) is 4.27. The van der Waals surface area contributed by atoms with Gasteiger partial charge in [-0.3, -0.25) is 0 Å². The van der Waals surface area contributed by atoms with Crippen LogP contribution in [-0.4, -0.2) is 7.11 Å². The zero-order valence-corrected chi connectivity index (χ0v) is 10.9.